The number of phenols is 3. The largest absolute Gasteiger partial charge is 0.547 e. The Morgan fingerprint density at radius 3 is 2.23 bits per heavy atom. The lowest BCUT2D eigenvalue weighted by molar-refractivity contribution is -0.123. The number of hydrogen-bond donors (Lipinski definition) is 8. The summed E-state index contributed by atoms with van der Waals surface area (Å²) >= 11 is 6.16. The summed E-state index contributed by atoms with van der Waals surface area (Å²) in [5, 5.41) is 55.4. The summed E-state index contributed by atoms with van der Waals surface area (Å²) < 4.78 is 75.5. The maximum Gasteiger partial charge on any atom is 0.547 e. The first-order valence-corrected chi connectivity index (χ1v) is 17.2. The number of nitrogens with one attached hydrogen (secondary N) is 3. The molecule has 6 rings (SSSR count). The fourth-order valence-electron chi connectivity index (χ4n) is 6.68. The van der Waals surface area contributed by atoms with Crippen LogP contribution >= 0.6 is 11.6 Å². The number of hydrogen-bond acceptors (Lipinski definition) is 10. The molecule has 0 aliphatic carbocycles. The number of imide groups is 1. The number of amides is 7. The number of anilines is 1. The average Bonchev–Trinajstić information content (AvgIpc) is 3.56. The van der Waals surface area contributed by atoms with Crippen molar-refractivity contribution in [1.29, 1.82) is 0 Å². The number of likely N-dealkylation sites (tertiary alicyclic amines) is 1. The van der Waals surface area contributed by atoms with Crippen molar-refractivity contribution < 1.29 is 76.0 Å². The van der Waals surface area contributed by atoms with E-state index in [9.17, 15) is 71.4 Å². The van der Waals surface area contributed by atoms with Gasteiger partial charge in [-0.25, -0.2) is 41.6 Å². The van der Waals surface area contributed by atoms with Crippen molar-refractivity contribution >= 4 is 54.4 Å². The van der Waals surface area contributed by atoms with Crippen molar-refractivity contribution in [2.24, 2.45) is 0 Å². The number of halogens is 6. The smallest absolute Gasteiger partial charge is 0.534 e. The number of fused-ring (bicyclic) bond motifs is 1. The van der Waals surface area contributed by atoms with Gasteiger partial charge < -0.3 is 55.9 Å². The van der Waals surface area contributed by atoms with Crippen molar-refractivity contribution in [1.82, 2.24) is 25.3 Å². The molecule has 3 aliphatic heterocycles. The molecule has 0 radical (unpaired) electrons. The van der Waals surface area contributed by atoms with Crippen molar-refractivity contribution in [2.45, 2.75) is 37.3 Å². The highest BCUT2D eigenvalue weighted by atomic mass is 35.5. The summed E-state index contributed by atoms with van der Waals surface area (Å²) in [6, 6.07) is -2.70. The fourth-order valence-corrected chi connectivity index (χ4v) is 6.93. The second-order valence-corrected chi connectivity index (χ2v) is 13.4. The van der Waals surface area contributed by atoms with Crippen LogP contribution < -0.4 is 20.6 Å². The summed E-state index contributed by atoms with van der Waals surface area (Å²) in [7, 11) is -1.98. The van der Waals surface area contributed by atoms with E-state index in [-0.39, 0.29) is 51.0 Å². The summed E-state index contributed by atoms with van der Waals surface area (Å²) in [4.78, 5) is 68.4. The third-order valence-electron chi connectivity index (χ3n) is 9.64. The summed E-state index contributed by atoms with van der Waals surface area (Å²) in [6.07, 6.45) is -0.0532. The Kier molecular flexibility index (Phi) is 11.2. The van der Waals surface area contributed by atoms with Crippen LogP contribution in [0.2, 0.25) is 5.02 Å². The molecule has 0 bridgehead atoms. The van der Waals surface area contributed by atoms with Gasteiger partial charge in [-0.15, -0.1) is 0 Å². The first-order valence-electron chi connectivity index (χ1n) is 16.8. The molecule has 17 nitrogen and oxygen atoms in total. The molecule has 2 unspecified atom stereocenters. The van der Waals surface area contributed by atoms with Crippen LogP contribution in [0.25, 0.3) is 0 Å². The monoisotopic (exact) mass is 826 g/mol. The zero-order chi connectivity index (χ0) is 41.6. The van der Waals surface area contributed by atoms with E-state index in [4.69, 9.17) is 16.3 Å². The zero-order valence-corrected chi connectivity index (χ0v) is 29.6. The van der Waals surface area contributed by atoms with E-state index >= 15 is 0 Å². The number of carbonyl (C=O) groups excluding carboxylic acids is 4. The molecule has 0 saturated carbocycles. The summed E-state index contributed by atoms with van der Waals surface area (Å²) in [5.41, 5.74) is -2.23. The molecule has 57 heavy (non-hydrogen) atoms. The molecule has 302 valence electrons. The van der Waals surface area contributed by atoms with Crippen LogP contribution in [0.4, 0.5) is 42.0 Å². The normalized spacial score (nSPS) is 17.5. The van der Waals surface area contributed by atoms with Gasteiger partial charge in [0.1, 0.15) is 23.2 Å². The standard InChI is InChI=1S/C33H29BClF5N6O11/c35-21-14(10-17(38)25(47)26(21)48)24(29(50)42-19-9-12-1-2-15(36)20(30(51)52)28(12)57-34(19)56)43-32(54)46-8-7-45(33(46)55)13-3-5-44(6-4-13)31(53)41-18-11-16(37)22(39)27(49)23(18)40/h1-2,10-11,13,19,24,47-49,56H,3-9H2,(H,41,53)(H,42,50)(H,43,54)(H,51,52). The Morgan fingerprint density at radius 2 is 1.56 bits per heavy atom. The number of carboxylic acids is 1. The number of aromatic hydroxyl groups is 3. The van der Waals surface area contributed by atoms with Crippen LogP contribution in [-0.2, 0) is 11.2 Å². The number of carboxylic acid groups (broad SMARTS) is 1. The Bertz CT molecular complexity index is 2200. The fraction of sp³-hybridized carbons (Fsp3) is 0.303. The highest BCUT2D eigenvalue weighted by Crippen LogP contribution is 2.41. The maximum atomic E-state index is 14.7. The second-order valence-electron chi connectivity index (χ2n) is 13.0. The number of urea groups is 3. The van der Waals surface area contributed by atoms with Crippen LogP contribution in [0.5, 0.6) is 23.0 Å². The number of aromatic carboxylic acids is 1. The van der Waals surface area contributed by atoms with Crippen molar-refractivity contribution in [3.8, 4) is 23.0 Å². The third kappa shape index (κ3) is 7.66. The van der Waals surface area contributed by atoms with Gasteiger partial charge in [0.25, 0.3) is 0 Å². The van der Waals surface area contributed by atoms with E-state index in [0.717, 1.165) is 12.1 Å². The van der Waals surface area contributed by atoms with Gasteiger partial charge >= 0.3 is 31.2 Å². The van der Waals surface area contributed by atoms with Crippen LogP contribution in [0.15, 0.2) is 24.3 Å². The third-order valence-corrected chi connectivity index (χ3v) is 10.0. The zero-order valence-electron chi connectivity index (χ0n) is 28.9. The van der Waals surface area contributed by atoms with Crippen LogP contribution in [-0.4, -0.2) is 115 Å². The molecular formula is C33H29BClF5N6O11. The van der Waals surface area contributed by atoms with E-state index in [0.29, 0.717) is 17.0 Å². The van der Waals surface area contributed by atoms with E-state index < -0.39 is 129 Å². The van der Waals surface area contributed by atoms with Crippen LogP contribution in [0.3, 0.4) is 0 Å². The Labute approximate surface area is 322 Å². The highest BCUT2D eigenvalue weighted by Gasteiger charge is 2.43. The molecule has 2 saturated heterocycles. The molecule has 2 atom stereocenters. The number of benzene rings is 3. The number of piperidine rings is 1. The summed E-state index contributed by atoms with van der Waals surface area (Å²) in [5.74, 6) is -16.6. The van der Waals surface area contributed by atoms with E-state index in [1.54, 1.807) is 0 Å². The van der Waals surface area contributed by atoms with Crippen LogP contribution in [0.1, 0.15) is 40.4 Å². The summed E-state index contributed by atoms with van der Waals surface area (Å²) in [6.45, 7) is -0.309. The average molecular weight is 827 g/mol. The number of nitrogens with zero attached hydrogens (tertiary/aromatic N) is 3. The minimum absolute atomic E-state index is 0.0197. The van der Waals surface area contributed by atoms with E-state index in [1.807, 2.05) is 0 Å². The van der Waals surface area contributed by atoms with E-state index in [2.05, 4.69) is 16.0 Å². The molecule has 7 amide bonds. The molecule has 3 aliphatic rings. The molecule has 3 aromatic carbocycles. The Balaban J connectivity index is 1.14. The Morgan fingerprint density at radius 1 is 0.877 bits per heavy atom. The molecule has 0 aromatic heterocycles. The molecule has 3 heterocycles. The predicted octanol–water partition coefficient (Wildman–Crippen LogP) is 3.17. The molecule has 24 heteroatoms. The minimum Gasteiger partial charge on any atom is -0.534 e. The van der Waals surface area contributed by atoms with E-state index in [1.165, 1.54) is 9.80 Å². The Hall–Kier alpha value is -6.23. The quantitative estimate of drug-likeness (QED) is 0.0745. The van der Waals surface area contributed by atoms with Gasteiger partial charge in [-0.3, -0.25) is 4.79 Å². The first-order chi connectivity index (χ1) is 26.9. The van der Waals surface area contributed by atoms with Gasteiger partial charge in [0.2, 0.25) is 11.7 Å². The van der Waals surface area contributed by atoms with Gasteiger partial charge in [0, 0.05) is 43.9 Å². The SMILES string of the molecule is O=C(O)c1c(F)ccc2c1OB(O)C(NC(=O)C(NC(=O)N1CCN(C3CCN(C(=O)Nc4cc(F)c(F)c(O)c4F)CC3)C1=O)c1cc(F)c(O)c(O)c1Cl)C2. The van der Waals surface area contributed by atoms with Crippen molar-refractivity contribution in [3.63, 3.8) is 0 Å². The minimum atomic E-state index is -2.03. The molecule has 3 aromatic rings. The lowest BCUT2D eigenvalue weighted by atomic mass is 9.72. The van der Waals surface area contributed by atoms with Gasteiger partial charge in [0.15, 0.2) is 34.7 Å². The molecule has 2 fully saturated rings. The molecule has 8 N–H and O–H groups in total. The predicted molar refractivity (Wildman–Crippen MR) is 184 cm³/mol. The molecular weight excluding hydrogens is 798 g/mol. The highest BCUT2D eigenvalue weighted by molar-refractivity contribution is 6.47. The number of rotatable bonds is 7. The van der Waals surface area contributed by atoms with Gasteiger partial charge in [0.05, 0.1) is 16.7 Å². The first kappa shape index (κ1) is 40.4. The lowest BCUT2D eigenvalue weighted by Crippen LogP contribution is -2.56. The van der Waals surface area contributed by atoms with Gasteiger partial charge in [-0.2, -0.15) is 4.39 Å². The van der Waals surface area contributed by atoms with Gasteiger partial charge in [-0.1, -0.05) is 17.7 Å². The molecule has 0 spiro atoms. The van der Waals surface area contributed by atoms with Gasteiger partial charge in [-0.05, 0) is 37.0 Å². The van der Waals surface area contributed by atoms with Crippen LogP contribution in [0, 0.1) is 29.1 Å². The second kappa shape index (κ2) is 15.7. The topological polar surface area (TPSA) is 242 Å². The van der Waals surface area contributed by atoms with Crippen molar-refractivity contribution in [2.75, 3.05) is 31.5 Å². The van der Waals surface area contributed by atoms with Crippen molar-refractivity contribution in [3.05, 3.63) is 75.1 Å². The number of carbonyl (C=O) groups is 5. The number of phenolic OH excluding ortho intramolecular Hbond substituents is 3. The lowest BCUT2D eigenvalue weighted by Gasteiger charge is -2.36. The maximum absolute atomic E-state index is 14.7.